The van der Waals surface area contributed by atoms with Gasteiger partial charge < -0.3 is 4.74 Å². The zero-order valence-corrected chi connectivity index (χ0v) is 13.4. The maximum Gasteiger partial charge on any atom is 0.128 e. The number of aryl methyl sites for hydroxylation is 1. The minimum atomic E-state index is -0.299. The molecule has 0 spiro atoms. The van der Waals surface area contributed by atoms with Crippen LogP contribution in [0.1, 0.15) is 23.6 Å². The lowest BCUT2D eigenvalue weighted by Crippen LogP contribution is -2.30. The Labute approximate surface area is 132 Å². The van der Waals surface area contributed by atoms with Crippen molar-refractivity contribution in [2.75, 3.05) is 6.61 Å². The summed E-state index contributed by atoms with van der Waals surface area (Å²) in [6, 6.07) is 12.3. The van der Waals surface area contributed by atoms with Gasteiger partial charge >= 0.3 is 0 Å². The van der Waals surface area contributed by atoms with E-state index in [1.807, 2.05) is 31.2 Å². The fourth-order valence-corrected chi connectivity index (χ4v) is 2.49. The maximum absolute atomic E-state index is 13.9. The molecule has 2 aromatic rings. The van der Waals surface area contributed by atoms with E-state index >= 15 is 0 Å². The van der Waals surface area contributed by atoms with Crippen molar-refractivity contribution in [3.05, 3.63) is 63.9 Å². The number of ether oxygens (including phenoxy) is 1. The van der Waals surface area contributed by atoms with Gasteiger partial charge in [-0.05, 0) is 42.8 Å². The molecule has 3 N–H and O–H groups in total. The van der Waals surface area contributed by atoms with Gasteiger partial charge in [-0.3, -0.25) is 11.3 Å². The van der Waals surface area contributed by atoms with Crippen molar-refractivity contribution in [2.24, 2.45) is 5.84 Å². The standard InChI is InChI=1S/C16H18BrFN2O/c1-11-3-2-4-13(9-11)21-8-7-16(20-19)14-10-12(17)5-6-15(14)18/h2-6,9-10,16,20H,7-8,19H2,1H3. The molecule has 2 aromatic carbocycles. The topological polar surface area (TPSA) is 47.3 Å². The van der Waals surface area contributed by atoms with E-state index in [4.69, 9.17) is 10.6 Å². The molecule has 21 heavy (non-hydrogen) atoms. The predicted octanol–water partition coefficient (Wildman–Crippen LogP) is 3.87. The summed E-state index contributed by atoms with van der Waals surface area (Å²) in [5, 5.41) is 0. The monoisotopic (exact) mass is 352 g/mol. The number of hydrogen-bond acceptors (Lipinski definition) is 3. The van der Waals surface area contributed by atoms with E-state index in [1.165, 1.54) is 6.07 Å². The first kappa shape index (κ1) is 15.9. The molecule has 0 bridgehead atoms. The van der Waals surface area contributed by atoms with Crippen LogP contribution in [-0.2, 0) is 0 Å². The van der Waals surface area contributed by atoms with Crippen molar-refractivity contribution >= 4 is 15.9 Å². The SMILES string of the molecule is Cc1cccc(OCCC(NN)c2cc(Br)ccc2F)c1. The van der Waals surface area contributed by atoms with Gasteiger partial charge in [0.1, 0.15) is 11.6 Å². The summed E-state index contributed by atoms with van der Waals surface area (Å²) in [5.74, 6) is 6.06. The minimum Gasteiger partial charge on any atom is -0.494 e. The van der Waals surface area contributed by atoms with Gasteiger partial charge in [-0.1, -0.05) is 28.1 Å². The van der Waals surface area contributed by atoms with Gasteiger partial charge in [0.25, 0.3) is 0 Å². The summed E-state index contributed by atoms with van der Waals surface area (Å²) in [7, 11) is 0. The molecule has 0 aliphatic carbocycles. The number of nitrogens with two attached hydrogens (primary N) is 1. The highest BCUT2D eigenvalue weighted by Gasteiger charge is 2.15. The summed E-state index contributed by atoms with van der Waals surface area (Å²) in [6.07, 6.45) is 0.567. The number of hydrazine groups is 1. The average molecular weight is 353 g/mol. The van der Waals surface area contributed by atoms with Gasteiger partial charge in [0.2, 0.25) is 0 Å². The van der Waals surface area contributed by atoms with E-state index in [2.05, 4.69) is 21.4 Å². The van der Waals surface area contributed by atoms with Crippen LogP contribution in [0.5, 0.6) is 5.75 Å². The lowest BCUT2D eigenvalue weighted by molar-refractivity contribution is 0.285. The van der Waals surface area contributed by atoms with Gasteiger partial charge in [0, 0.05) is 16.5 Å². The molecule has 2 rings (SSSR count). The largest absolute Gasteiger partial charge is 0.494 e. The molecule has 5 heteroatoms. The third kappa shape index (κ3) is 4.52. The Morgan fingerprint density at radius 2 is 2.10 bits per heavy atom. The van der Waals surface area contributed by atoms with Crippen molar-refractivity contribution in [1.29, 1.82) is 0 Å². The lowest BCUT2D eigenvalue weighted by atomic mass is 10.0. The summed E-state index contributed by atoms with van der Waals surface area (Å²) in [4.78, 5) is 0. The predicted molar refractivity (Wildman–Crippen MR) is 85.5 cm³/mol. The quantitative estimate of drug-likeness (QED) is 0.612. The summed E-state index contributed by atoms with van der Waals surface area (Å²) in [5.41, 5.74) is 4.31. The molecule has 0 saturated heterocycles. The van der Waals surface area contributed by atoms with Crippen molar-refractivity contribution in [3.8, 4) is 5.75 Å². The van der Waals surface area contributed by atoms with E-state index in [1.54, 1.807) is 12.1 Å². The third-order valence-electron chi connectivity index (χ3n) is 3.20. The van der Waals surface area contributed by atoms with Gasteiger partial charge in [-0.25, -0.2) is 4.39 Å². The number of benzene rings is 2. The van der Waals surface area contributed by atoms with Crippen molar-refractivity contribution in [3.63, 3.8) is 0 Å². The Balaban J connectivity index is 1.98. The third-order valence-corrected chi connectivity index (χ3v) is 3.69. The molecule has 1 unspecified atom stereocenters. The highest BCUT2D eigenvalue weighted by atomic mass is 79.9. The smallest absolute Gasteiger partial charge is 0.128 e. The minimum absolute atomic E-state index is 0.281. The van der Waals surface area contributed by atoms with Gasteiger partial charge in [0.15, 0.2) is 0 Å². The van der Waals surface area contributed by atoms with Crippen molar-refractivity contribution < 1.29 is 9.13 Å². The molecule has 0 saturated carbocycles. The lowest BCUT2D eigenvalue weighted by Gasteiger charge is -2.18. The Hall–Kier alpha value is -1.43. The highest BCUT2D eigenvalue weighted by Crippen LogP contribution is 2.24. The normalized spacial score (nSPS) is 12.2. The van der Waals surface area contributed by atoms with E-state index in [-0.39, 0.29) is 11.9 Å². The van der Waals surface area contributed by atoms with E-state index in [9.17, 15) is 4.39 Å². The molecular formula is C16H18BrFN2O. The first-order valence-electron chi connectivity index (χ1n) is 6.70. The average Bonchev–Trinajstić information content (AvgIpc) is 2.47. The molecule has 0 heterocycles. The second-order valence-corrected chi connectivity index (χ2v) is 5.75. The molecule has 0 amide bonds. The fraction of sp³-hybridized carbons (Fsp3) is 0.250. The second-order valence-electron chi connectivity index (χ2n) is 4.84. The molecule has 0 fully saturated rings. The molecule has 1 atom stereocenters. The maximum atomic E-state index is 13.9. The Morgan fingerprint density at radius 3 is 2.81 bits per heavy atom. The summed E-state index contributed by atoms with van der Waals surface area (Å²) in [6.45, 7) is 2.46. The molecule has 0 aliphatic rings. The van der Waals surface area contributed by atoms with E-state index in [0.717, 1.165) is 15.8 Å². The van der Waals surface area contributed by atoms with Crippen LogP contribution in [-0.4, -0.2) is 6.61 Å². The van der Waals surface area contributed by atoms with Gasteiger partial charge in [0.05, 0.1) is 12.6 Å². The zero-order valence-electron chi connectivity index (χ0n) is 11.8. The Morgan fingerprint density at radius 1 is 1.29 bits per heavy atom. The van der Waals surface area contributed by atoms with Gasteiger partial charge in [-0.2, -0.15) is 0 Å². The van der Waals surface area contributed by atoms with Crippen molar-refractivity contribution in [1.82, 2.24) is 5.43 Å². The summed E-state index contributed by atoms with van der Waals surface area (Å²) < 4.78 is 20.4. The first-order valence-corrected chi connectivity index (χ1v) is 7.50. The van der Waals surface area contributed by atoms with E-state index < -0.39 is 0 Å². The van der Waals surface area contributed by atoms with Crippen LogP contribution >= 0.6 is 15.9 Å². The van der Waals surface area contributed by atoms with Crippen LogP contribution in [0.25, 0.3) is 0 Å². The van der Waals surface area contributed by atoms with Crippen LogP contribution in [0, 0.1) is 12.7 Å². The zero-order chi connectivity index (χ0) is 15.2. The van der Waals surface area contributed by atoms with Crippen LogP contribution in [0.2, 0.25) is 0 Å². The first-order chi connectivity index (χ1) is 10.1. The van der Waals surface area contributed by atoms with Crippen LogP contribution < -0.4 is 16.0 Å². The van der Waals surface area contributed by atoms with Crippen LogP contribution in [0.3, 0.4) is 0 Å². The Kier molecular flexibility index (Phi) is 5.73. The number of hydrogen-bond donors (Lipinski definition) is 2. The molecule has 112 valence electrons. The summed E-state index contributed by atoms with van der Waals surface area (Å²) >= 11 is 3.34. The molecule has 0 radical (unpaired) electrons. The highest BCUT2D eigenvalue weighted by molar-refractivity contribution is 9.10. The number of nitrogens with one attached hydrogen (secondary N) is 1. The van der Waals surface area contributed by atoms with Crippen LogP contribution in [0.15, 0.2) is 46.9 Å². The Bertz CT molecular complexity index is 607. The molecule has 0 aliphatic heterocycles. The second kappa shape index (κ2) is 7.54. The number of rotatable bonds is 6. The molecule has 0 aromatic heterocycles. The molecule has 3 nitrogen and oxygen atoms in total. The van der Waals surface area contributed by atoms with E-state index in [0.29, 0.717) is 18.6 Å². The fourth-order valence-electron chi connectivity index (χ4n) is 2.11. The molecular weight excluding hydrogens is 335 g/mol. The van der Waals surface area contributed by atoms with Gasteiger partial charge in [-0.15, -0.1) is 0 Å². The van der Waals surface area contributed by atoms with Crippen molar-refractivity contribution in [2.45, 2.75) is 19.4 Å². The van der Waals surface area contributed by atoms with Crippen LogP contribution in [0.4, 0.5) is 4.39 Å². The number of halogens is 2.